The van der Waals surface area contributed by atoms with Crippen molar-refractivity contribution >= 4 is 16.7 Å². The predicted octanol–water partition coefficient (Wildman–Crippen LogP) is 3.83. The van der Waals surface area contributed by atoms with Gasteiger partial charge in [0.1, 0.15) is 11.9 Å². The van der Waals surface area contributed by atoms with Gasteiger partial charge < -0.3 is 15.2 Å². The van der Waals surface area contributed by atoms with Gasteiger partial charge in [0.15, 0.2) is 0 Å². The summed E-state index contributed by atoms with van der Waals surface area (Å²) in [5.41, 5.74) is 3.45. The van der Waals surface area contributed by atoms with Crippen molar-refractivity contribution in [2.75, 3.05) is 13.2 Å². The number of amides is 1. The normalized spacial score (nSPS) is 15.5. The lowest BCUT2D eigenvalue weighted by atomic mass is 10.0. The zero-order valence-corrected chi connectivity index (χ0v) is 17.0. The molecule has 0 aliphatic carbocycles. The highest BCUT2D eigenvalue weighted by molar-refractivity contribution is 6.01. The second-order valence-corrected chi connectivity index (χ2v) is 7.76. The van der Waals surface area contributed by atoms with Crippen molar-refractivity contribution in [1.82, 2.24) is 15.1 Å². The van der Waals surface area contributed by atoms with Crippen molar-refractivity contribution in [3.8, 4) is 5.75 Å². The highest BCUT2D eigenvalue weighted by atomic mass is 16.5. The number of phenolic OH excluding ortho intramolecular Hbond substituents is 1. The zero-order chi connectivity index (χ0) is 21.2. The van der Waals surface area contributed by atoms with E-state index in [1.165, 1.54) is 5.56 Å². The number of phenols is 1. The van der Waals surface area contributed by atoms with E-state index < -0.39 is 0 Å². The maximum Gasteiger partial charge on any atom is 0.255 e. The Balaban J connectivity index is 1.30. The van der Waals surface area contributed by atoms with E-state index in [9.17, 15) is 9.90 Å². The summed E-state index contributed by atoms with van der Waals surface area (Å²) in [5.74, 6) is -0.365. The van der Waals surface area contributed by atoms with Gasteiger partial charge in [0.25, 0.3) is 5.91 Å². The zero-order valence-electron chi connectivity index (χ0n) is 17.0. The first-order valence-corrected chi connectivity index (χ1v) is 10.4. The van der Waals surface area contributed by atoms with Crippen LogP contribution in [-0.4, -0.2) is 33.9 Å². The summed E-state index contributed by atoms with van der Waals surface area (Å²) in [4.78, 5) is 12.8. The summed E-state index contributed by atoms with van der Waals surface area (Å²) in [6.07, 6.45) is 2.56. The molecule has 3 aromatic carbocycles. The molecule has 1 aliphatic rings. The molecule has 31 heavy (non-hydrogen) atoms. The van der Waals surface area contributed by atoms with Crippen molar-refractivity contribution < 1.29 is 14.6 Å². The Morgan fingerprint density at radius 3 is 2.65 bits per heavy atom. The Morgan fingerprint density at radius 1 is 1.10 bits per heavy atom. The Labute approximate surface area is 180 Å². The molecular weight excluding hydrogens is 390 g/mol. The third-order valence-electron chi connectivity index (χ3n) is 5.61. The lowest BCUT2D eigenvalue weighted by Gasteiger charge is -2.22. The molecule has 1 aromatic heterocycles. The minimum atomic E-state index is -0.331. The summed E-state index contributed by atoms with van der Waals surface area (Å²) in [5, 5.41) is 19.7. The van der Waals surface area contributed by atoms with Gasteiger partial charge in [0.2, 0.25) is 0 Å². The number of rotatable bonds is 5. The highest BCUT2D eigenvalue weighted by Gasteiger charge is 2.26. The fraction of sp³-hybridized carbons (Fsp3) is 0.200. The molecular formula is C25H23N3O3. The third-order valence-corrected chi connectivity index (χ3v) is 5.61. The monoisotopic (exact) mass is 413 g/mol. The van der Waals surface area contributed by atoms with Gasteiger partial charge in [-0.2, -0.15) is 5.10 Å². The van der Waals surface area contributed by atoms with Gasteiger partial charge in [-0.25, -0.2) is 0 Å². The van der Waals surface area contributed by atoms with Crippen molar-refractivity contribution in [2.45, 2.75) is 19.1 Å². The average molecular weight is 413 g/mol. The number of hydrogen-bond acceptors (Lipinski definition) is 4. The molecule has 5 rings (SSSR count). The molecule has 2 heterocycles. The SMILES string of the molecule is O=C(NC[C@H]1OCCc2cn(Cc3ccccc3)nc21)c1cc2ccccc2cc1O. The quantitative estimate of drug-likeness (QED) is 0.521. The molecule has 6 nitrogen and oxygen atoms in total. The maximum atomic E-state index is 12.8. The highest BCUT2D eigenvalue weighted by Crippen LogP contribution is 2.27. The van der Waals surface area contributed by atoms with Gasteiger partial charge in [-0.05, 0) is 40.5 Å². The molecule has 0 spiro atoms. The van der Waals surface area contributed by atoms with E-state index in [-0.39, 0.29) is 23.3 Å². The molecule has 0 saturated heterocycles. The molecule has 0 unspecified atom stereocenters. The van der Waals surface area contributed by atoms with Gasteiger partial charge in [-0.3, -0.25) is 9.48 Å². The molecule has 1 atom stereocenters. The first-order valence-electron chi connectivity index (χ1n) is 10.4. The van der Waals surface area contributed by atoms with Crippen molar-refractivity contribution in [1.29, 1.82) is 0 Å². The summed E-state index contributed by atoms with van der Waals surface area (Å²) in [7, 11) is 0. The lowest BCUT2D eigenvalue weighted by Crippen LogP contribution is -2.32. The van der Waals surface area contributed by atoms with Crippen LogP contribution in [0.1, 0.15) is 33.3 Å². The number of nitrogens with one attached hydrogen (secondary N) is 1. The Bertz CT molecular complexity index is 1230. The van der Waals surface area contributed by atoms with Crippen LogP contribution in [-0.2, 0) is 17.7 Å². The minimum Gasteiger partial charge on any atom is -0.507 e. The Hall–Kier alpha value is -3.64. The van der Waals surface area contributed by atoms with Crippen LogP contribution >= 0.6 is 0 Å². The molecule has 1 amide bonds. The number of aromatic hydroxyl groups is 1. The smallest absolute Gasteiger partial charge is 0.255 e. The summed E-state index contributed by atoms with van der Waals surface area (Å²) < 4.78 is 7.83. The molecule has 1 aliphatic heterocycles. The molecule has 0 bridgehead atoms. The number of aromatic nitrogens is 2. The van der Waals surface area contributed by atoms with E-state index in [0.29, 0.717) is 19.7 Å². The fourth-order valence-corrected chi connectivity index (χ4v) is 4.03. The van der Waals surface area contributed by atoms with Gasteiger partial charge in [0.05, 0.1) is 24.4 Å². The number of carbonyl (C=O) groups is 1. The van der Waals surface area contributed by atoms with Crippen LogP contribution in [0, 0.1) is 0 Å². The lowest BCUT2D eigenvalue weighted by molar-refractivity contribution is 0.0383. The van der Waals surface area contributed by atoms with Gasteiger partial charge in [-0.1, -0.05) is 54.6 Å². The van der Waals surface area contributed by atoms with Crippen LogP contribution in [0.25, 0.3) is 10.8 Å². The maximum absolute atomic E-state index is 12.8. The van der Waals surface area contributed by atoms with E-state index in [1.54, 1.807) is 12.1 Å². The van der Waals surface area contributed by atoms with E-state index in [2.05, 4.69) is 23.6 Å². The van der Waals surface area contributed by atoms with E-state index >= 15 is 0 Å². The number of benzene rings is 3. The van der Waals surface area contributed by atoms with Gasteiger partial charge in [0, 0.05) is 12.7 Å². The topological polar surface area (TPSA) is 76.4 Å². The van der Waals surface area contributed by atoms with Crippen LogP contribution in [0.4, 0.5) is 0 Å². The fourth-order valence-electron chi connectivity index (χ4n) is 4.03. The summed E-state index contributed by atoms with van der Waals surface area (Å²) >= 11 is 0. The largest absolute Gasteiger partial charge is 0.507 e. The predicted molar refractivity (Wildman–Crippen MR) is 118 cm³/mol. The molecule has 0 radical (unpaired) electrons. The van der Waals surface area contributed by atoms with Gasteiger partial charge >= 0.3 is 0 Å². The van der Waals surface area contributed by atoms with Crippen LogP contribution in [0.15, 0.2) is 72.9 Å². The number of fused-ring (bicyclic) bond motifs is 2. The summed E-state index contributed by atoms with van der Waals surface area (Å²) in [6, 6.07) is 21.1. The van der Waals surface area contributed by atoms with Crippen LogP contribution in [0.2, 0.25) is 0 Å². The van der Waals surface area contributed by atoms with E-state index in [0.717, 1.165) is 28.5 Å². The van der Waals surface area contributed by atoms with Crippen LogP contribution in [0.3, 0.4) is 0 Å². The van der Waals surface area contributed by atoms with E-state index in [1.807, 2.05) is 47.1 Å². The van der Waals surface area contributed by atoms with Crippen molar-refractivity contribution in [3.63, 3.8) is 0 Å². The number of ether oxygens (including phenoxy) is 1. The second kappa shape index (κ2) is 8.24. The van der Waals surface area contributed by atoms with E-state index in [4.69, 9.17) is 9.84 Å². The van der Waals surface area contributed by atoms with Crippen LogP contribution < -0.4 is 5.32 Å². The molecule has 2 N–H and O–H groups in total. The molecule has 0 saturated carbocycles. The molecule has 4 aromatic rings. The average Bonchev–Trinajstić information content (AvgIpc) is 3.20. The summed E-state index contributed by atoms with van der Waals surface area (Å²) in [6.45, 7) is 1.57. The first kappa shape index (κ1) is 19.3. The standard InChI is InChI=1S/C25H23N3O3/c29-22-13-19-9-5-4-8-18(19)12-21(22)25(30)26-14-23-24-20(10-11-31-23)16-28(27-24)15-17-6-2-1-3-7-17/h1-9,12-13,16,23,29H,10-11,14-15H2,(H,26,30)/t23-/m1/s1. The van der Waals surface area contributed by atoms with Crippen LogP contribution in [0.5, 0.6) is 5.75 Å². The molecule has 0 fully saturated rings. The van der Waals surface area contributed by atoms with Crippen molar-refractivity contribution in [2.24, 2.45) is 0 Å². The minimum absolute atomic E-state index is 0.0337. The number of nitrogens with zero attached hydrogens (tertiary/aromatic N) is 2. The molecule has 156 valence electrons. The molecule has 6 heteroatoms. The Kier molecular flexibility index (Phi) is 5.14. The van der Waals surface area contributed by atoms with Crippen molar-refractivity contribution in [3.05, 3.63) is 95.3 Å². The third kappa shape index (κ3) is 4.02. The number of hydrogen-bond donors (Lipinski definition) is 2. The van der Waals surface area contributed by atoms with Gasteiger partial charge in [-0.15, -0.1) is 0 Å². The number of carbonyl (C=O) groups excluding carboxylic acids is 1. The Morgan fingerprint density at radius 2 is 1.84 bits per heavy atom. The second-order valence-electron chi connectivity index (χ2n) is 7.76. The first-order chi connectivity index (χ1) is 15.2.